The molecule has 1 unspecified atom stereocenters. The van der Waals surface area contributed by atoms with Crippen LogP contribution < -0.4 is 15.4 Å². The van der Waals surface area contributed by atoms with Gasteiger partial charge in [0.15, 0.2) is 0 Å². The first-order valence-electron chi connectivity index (χ1n) is 8.63. The number of hydrogen-bond donors (Lipinski definition) is 2. The van der Waals surface area contributed by atoms with Crippen LogP contribution in [0.3, 0.4) is 0 Å². The summed E-state index contributed by atoms with van der Waals surface area (Å²) < 4.78 is 15.7. The van der Waals surface area contributed by atoms with Crippen molar-refractivity contribution in [3.63, 3.8) is 0 Å². The molecule has 0 radical (unpaired) electrons. The Kier molecular flexibility index (Phi) is 6.05. The Morgan fingerprint density at radius 2 is 2.00 bits per heavy atom. The summed E-state index contributed by atoms with van der Waals surface area (Å²) in [7, 11) is 2.73. The molecule has 0 saturated carbocycles. The molecule has 0 spiro atoms. The van der Waals surface area contributed by atoms with E-state index in [0.717, 1.165) is 12.1 Å². The zero-order valence-electron chi connectivity index (χ0n) is 15.3. The van der Waals surface area contributed by atoms with Crippen molar-refractivity contribution in [2.75, 3.05) is 39.2 Å². The molecule has 1 aliphatic heterocycles. The van der Waals surface area contributed by atoms with E-state index in [0.29, 0.717) is 24.4 Å². The Balaban J connectivity index is 1.83. The molecule has 0 aromatic heterocycles. The van der Waals surface area contributed by atoms with Crippen LogP contribution in [0.4, 0.5) is 5.69 Å². The summed E-state index contributed by atoms with van der Waals surface area (Å²) >= 11 is 0. The fourth-order valence-electron chi connectivity index (χ4n) is 2.96. The van der Waals surface area contributed by atoms with Crippen LogP contribution in [-0.4, -0.2) is 45.8 Å². The first-order valence-corrected chi connectivity index (χ1v) is 8.63. The first-order chi connectivity index (χ1) is 13.1. The highest BCUT2D eigenvalue weighted by atomic mass is 16.5. The third kappa shape index (κ3) is 4.27. The van der Waals surface area contributed by atoms with Gasteiger partial charge in [-0.3, -0.25) is 4.79 Å². The minimum Gasteiger partial charge on any atom is -0.496 e. The normalized spacial score (nSPS) is 16.4. The van der Waals surface area contributed by atoms with Gasteiger partial charge in [-0.15, -0.1) is 0 Å². The van der Waals surface area contributed by atoms with Crippen LogP contribution in [0.25, 0.3) is 0 Å². The summed E-state index contributed by atoms with van der Waals surface area (Å²) in [6.45, 7) is 2.13. The summed E-state index contributed by atoms with van der Waals surface area (Å²) in [5.74, 6) is -0.547. The number of hydrogen-bond acceptors (Lipinski definition) is 6. The maximum absolute atomic E-state index is 12.7. The molecule has 1 amide bonds. The van der Waals surface area contributed by atoms with E-state index in [2.05, 4.69) is 10.6 Å². The number of nitrogens with one attached hydrogen (secondary N) is 2. The van der Waals surface area contributed by atoms with Crippen molar-refractivity contribution in [2.45, 2.75) is 6.10 Å². The number of rotatable bonds is 5. The van der Waals surface area contributed by atoms with Crippen molar-refractivity contribution < 1.29 is 23.8 Å². The molecule has 142 valence electrons. The molecule has 1 heterocycles. The van der Waals surface area contributed by atoms with Gasteiger partial charge in [0, 0.05) is 29.9 Å². The number of carbonyl (C=O) groups is 2. The van der Waals surface area contributed by atoms with E-state index in [1.54, 1.807) is 6.07 Å². The number of methoxy groups -OCH3 is 2. The van der Waals surface area contributed by atoms with Crippen LogP contribution in [-0.2, 0) is 9.47 Å². The highest BCUT2D eigenvalue weighted by Gasteiger charge is 2.21. The van der Waals surface area contributed by atoms with Crippen molar-refractivity contribution in [2.24, 2.45) is 0 Å². The molecular formula is C20H22N2O5. The summed E-state index contributed by atoms with van der Waals surface area (Å²) in [4.78, 5) is 24.5. The van der Waals surface area contributed by atoms with Gasteiger partial charge in [-0.1, -0.05) is 18.2 Å². The highest BCUT2D eigenvalue weighted by Crippen LogP contribution is 2.27. The lowest BCUT2D eigenvalue weighted by molar-refractivity contribution is 0.0281. The molecule has 1 aliphatic rings. The average Bonchev–Trinajstić information content (AvgIpc) is 2.73. The standard InChI is InChI=1S/C20H22N2O5/c1-25-17-11-13(7-8-15(17)20(24)26-2)19(23)22-16-6-4-3-5-14(16)18-12-21-9-10-27-18/h3-8,11,18,21H,9-10,12H2,1-2H3,(H,22,23). The van der Waals surface area contributed by atoms with Crippen LogP contribution in [0.2, 0.25) is 0 Å². The topological polar surface area (TPSA) is 85.9 Å². The minimum atomic E-state index is -0.522. The molecule has 2 aromatic rings. The molecule has 7 heteroatoms. The Bertz CT molecular complexity index is 831. The smallest absolute Gasteiger partial charge is 0.341 e. The summed E-state index contributed by atoms with van der Waals surface area (Å²) in [5, 5.41) is 6.20. The van der Waals surface area contributed by atoms with Gasteiger partial charge in [0.25, 0.3) is 5.91 Å². The average molecular weight is 370 g/mol. The Morgan fingerprint density at radius 1 is 1.19 bits per heavy atom. The molecule has 2 aromatic carbocycles. The number of esters is 1. The highest BCUT2D eigenvalue weighted by molar-refractivity contribution is 6.06. The first kappa shape index (κ1) is 18.9. The summed E-state index contributed by atoms with van der Waals surface area (Å²) in [6.07, 6.45) is -0.119. The lowest BCUT2D eigenvalue weighted by Gasteiger charge is -2.25. The van der Waals surface area contributed by atoms with Crippen molar-refractivity contribution in [1.82, 2.24) is 5.32 Å². The van der Waals surface area contributed by atoms with Gasteiger partial charge in [-0.25, -0.2) is 4.79 Å². The van der Waals surface area contributed by atoms with Crippen molar-refractivity contribution in [3.05, 3.63) is 59.2 Å². The molecule has 1 fully saturated rings. The third-order valence-corrected chi connectivity index (χ3v) is 4.35. The molecule has 3 rings (SSSR count). The number of ether oxygens (including phenoxy) is 3. The van der Waals surface area contributed by atoms with Crippen molar-refractivity contribution in [3.8, 4) is 5.75 Å². The number of benzene rings is 2. The number of morpholine rings is 1. The molecule has 27 heavy (non-hydrogen) atoms. The zero-order valence-corrected chi connectivity index (χ0v) is 15.3. The van der Waals surface area contributed by atoms with E-state index < -0.39 is 5.97 Å². The fourth-order valence-corrected chi connectivity index (χ4v) is 2.96. The Morgan fingerprint density at radius 3 is 2.70 bits per heavy atom. The van der Waals surface area contributed by atoms with Crippen molar-refractivity contribution in [1.29, 1.82) is 0 Å². The summed E-state index contributed by atoms with van der Waals surface area (Å²) in [5.41, 5.74) is 2.24. The second-order valence-corrected chi connectivity index (χ2v) is 6.01. The largest absolute Gasteiger partial charge is 0.496 e. The quantitative estimate of drug-likeness (QED) is 0.786. The second kappa shape index (κ2) is 8.66. The Labute approximate surface area is 157 Å². The monoisotopic (exact) mass is 370 g/mol. The molecular weight excluding hydrogens is 348 g/mol. The van der Waals surface area contributed by atoms with Gasteiger partial charge < -0.3 is 24.8 Å². The zero-order chi connectivity index (χ0) is 19.2. The van der Waals surface area contributed by atoms with E-state index in [-0.39, 0.29) is 23.3 Å². The number of carbonyl (C=O) groups excluding carboxylic acids is 2. The van der Waals surface area contributed by atoms with Crippen LogP contribution >= 0.6 is 0 Å². The maximum Gasteiger partial charge on any atom is 0.341 e. The molecule has 1 atom stereocenters. The SMILES string of the molecule is COC(=O)c1ccc(C(=O)Nc2ccccc2C2CNCCO2)cc1OC. The predicted octanol–water partition coefficient (Wildman–Crippen LogP) is 2.40. The third-order valence-electron chi connectivity index (χ3n) is 4.35. The Hall–Kier alpha value is -2.90. The van der Waals surface area contributed by atoms with E-state index in [9.17, 15) is 9.59 Å². The number of anilines is 1. The molecule has 7 nitrogen and oxygen atoms in total. The van der Waals surface area contributed by atoms with Gasteiger partial charge in [-0.2, -0.15) is 0 Å². The van der Waals surface area contributed by atoms with Crippen LogP contribution in [0.5, 0.6) is 5.75 Å². The lowest BCUT2D eigenvalue weighted by atomic mass is 10.0. The summed E-state index contributed by atoms with van der Waals surface area (Å²) in [6, 6.07) is 12.1. The van der Waals surface area contributed by atoms with E-state index >= 15 is 0 Å². The number of amides is 1. The van der Waals surface area contributed by atoms with Gasteiger partial charge in [0.1, 0.15) is 11.3 Å². The lowest BCUT2D eigenvalue weighted by Crippen LogP contribution is -2.33. The van der Waals surface area contributed by atoms with E-state index in [1.807, 2.05) is 24.3 Å². The van der Waals surface area contributed by atoms with E-state index in [4.69, 9.17) is 14.2 Å². The number of para-hydroxylation sites is 1. The van der Waals surface area contributed by atoms with E-state index in [1.165, 1.54) is 26.4 Å². The van der Waals surface area contributed by atoms with Gasteiger partial charge in [0.2, 0.25) is 0 Å². The molecule has 1 saturated heterocycles. The van der Waals surface area contributed by atoms with Crippen LogP contribution in [0.15, 0.2) is 42.5 Å². The second-order valence-electron chi connectivity index (χ2n) is 6.01. The van der Waals surface area contributed by atoms with Gasteiger partial charge >= 0.3 is 5.97 Å². The van der Waals surface area contributed by atoms with Crippen molar-refractivity contribution >= 4 is 17.6 Å². The molecule has 2 N–H and O–H groups in total. The fraction of sp³-hybridized carbons (Fsp3) is 0.300. The molecule has 0 aliphatic carbocycles. The predicted molar refractivity (Wildman–Crippen MR) is 100 cm³/mol. The maximum atomic E-state index is 12.7. The minimum absolute atomic E-state index is 0.119. The van der Waals surface area contributed by atoms with Crippen LogP contribution in [0, 0.1) is 0 Å². The van der Waals surface area contributed by atoms with Gasteiger partial charge in [0.05, 0.1) is 26.9 Å². The van der Waals surface area contributed by atoms with Crippen LogP contribution in [0.1, 0.15) is 32.4 Å². The van der Waals surface area contributed by atoms with Gasteiger partial charge in [-0.05, 0) is 24.3 Å². The molecule has 0 bridgehead atoms.